The summed E-state index contributed by atoms with van der Waals surface area (Å²) in [5, 5.41) is 0. The summed E-state index contributed by atoms with van der Waals surface area (Å²) in [6.45, 7) is 0.869. The van der Waals surface area contributed by atoms with Crippen molar-refractivity contribution in [3.63, 3.8) is 0 Å². The van der Waals surface area contributed by atoms with Crippen molar-refractivity contribution in [3.8, 4) is 16.9 Å². The maximum atomic E-state index is 14.7. The fourth-order valence-electron chi connectivity index (χ4n) is 5.10. The van der Waals surface area contributed by atoms with Gasteiger partial charge in [0.1, 0.15) is 17.4 Å². The van der Waals surface area contributed by atoms with Gasteiger partial charge in [0.15, 0.2) is 6.29 Å². The van der Waals surface area contributed by atoms with E-state index in [1.165, 1.54) is 18.2 Å². The van der Waals surface area contributed by atoms with Crippen molar-refractivity contribution in [3.05, 3.63) is 71.4 Å². The number of carbonyl (C=O) groups excluding carboxylic acids is 1. The van der Waals surface area contributed by atoms with E-state index in [0.29, 0.717) is 34.8 Å². The van der Waals surface area contributed by atoms with E-state index in [1.54, 1.807) is 12.3 Å². The normalized spacial score (nSPS) is 17.2. The topological polar surface area (TPSA) is 60.2 Å². The minimum absolute atomic E-state index is 0.0366. The first-order chi connectivity index (χ1) is 17.7. The number of aldehydes is 1. The lowest BCUT2D eigenvalue weighted by Gasteiger charge is -2.22. The zero-order valence-electron chi connectivity index (χ0n) is 20.8. The molecule has 2 aromatic carbocycles. The van der Waals surface area contributed by atoms with Crippen LogP contribution in [0.25, 0.3) is 22.2 Å². The molecule has 5 rings (SSSR count). The molecule has 0 aliphatic carbocycles. The Hall–Kier alpha value is -3.29. The van der Waals surface area contributed by atoms with E-state index in [4.69, 9.17) is 9.72 Å². The number of hydrogen-bond acceptors (Lipinski definition) is 5. The Morgan fingerprint density at radius 1 is 1.16 bits per heavy atom. The molecule has 192 valence electrons. The second kappa shape index (κ2) is 9.88. The SMILES string of the molecule is CN(C)C1CC(c2c(C=O)cccc2OC(F)F)n2c1nc1ccc(-c3cnc(P(C)C)c(F)c3)cc12. The summed E-state index contributed by atoms with van der Waals surface area (Å²) in [4.78, 5) is 23.2. The zero-order chi connectivity index (χ0) is 26.4. The molecule has 1 aliphatic rings. The number of imidazole rings is 1. The van der Waals surface area contributed by atoms with Crippen LogP contribution in [0.2, 0.25) is 0 Å². The molecule has 10 heteroatoms. The summed E-state index contributed by atoms with van der Waals surface area (Å²) >= 11 is 0. The van der Waals surface area contributed by atoms with Gasteiger partial charge in [0.2, 0.25) is 0 Å². The molecule has 4 aromatic rings. The highest BCUT2D eigenvalue weighted by atomic mass is 31.1. The summed E-state index contributed by atoms with van der Waals surface area (Å²) in [6, 6.07) is 11.1. The first-order valence-corrected chi connectivity index (χ1v) is 14.0. The Balaban J connectivity index is 1.70. The minimum Gasteiger partial charge on any atom is -0.434 e. The Kier molecular flexibility index (Phi) is 6.77. The Bertz CT molecular complexity index is 1490. The molecule has 0 amide bonds. The molecule has 6 nitrogen and oxygen atoms in total. The summed E-state index contributed by atoms with van der Waals surface area (Å²) in [7, 11) is 3.18. The highest BCUT2D eigenvalue weighted by Gasteiger charge is 2.38. The van der Waals surface area contributed by atoms with Crippen molar-refractivity contribution < 1.29 is 22.7 Å². The summed E-state index contributed by atoms with van der Waals surface area (Å²) in [5.41, 5.74) is 3.99. The molecule has 3 heterocycles. The molecule has 2 atom stereocenters. The van der Waals surface area contributed by atoms with Crippen LogP contribution in [0.4, 0.5) is 13.2 Å². The highest BCUT2D eigenvalue weighted by Crippen LogP contribution is 2.47. The van der Waals surface area contributed by atoms with E-state index >= 15 is 0 Å². The summed E-state index contributed by atoms with van der Waals surface area (Å²) in [6.07, 6.45) is 2.84. The monoisotopic (exact) mass is 526 g/mol. The molecule has 0 saturated heterocycles. The predicted molar refractivity (Wildman–Crippen MR) is 139 cm³/mol. The van der Waals surface area contributed by atoms with Crippen LogP contribution in [0.5, 0.6) is 5.75 Å². The number of benzene rings is 2. The van der Waals surface area contributed by atoms with Crippen LogP contribution in [0.15, 0.2) is 48.7 Å². The lowest BCUT2D eigenvalue weighted by atomic mass is 9.96. The van der Waals surface area contributed by atoms with Gasteiger partial charge in [-0.15, -0.1) is 0 Å². The lowest BCUT2D eigenvalue weighted by Crippen LogP contribution is -2.18. The summed E-state index contributed by atoms with van der Waals surface area (Å²) in [5.74, 6) is 0.380. The first kappa shape index (κ1) is 25.4. The van der Waals surface area contributed by atoms with Crippen molar-refractivity contribution in [1.82, 2.24) is 19.4 Å². The van der Waals surface area contributed by atoms with Crippen LogP contribution < -0.4 is 10.2 Å². The number of ether oxygens (including phenoxy) is 1. The van der Waals surface area contributed by atoms with Gasteiger partial charge in [0, 0.05) is 22.9 Å². The van der Waals surface area contributed by atoms with E-state index in [1.807, 2.05) is 55.1 Å². The van der Waals surface area contributed by atoms with Gasteiger partial charge in [-0.25, -0.2) is 9.37 Å². The zero-order valence-corrected chi connectivity index (χ0v) is 21.7. The average molecular weight is 526 g/mol. The predicted octanol–water partition coefficient (Wildman–Crippen LogP) is 5.61. The van der Waals surface area contributed by atoms with E-state index in [9.17, 15) is 18.0 Å². The molecular formula is C27H26F3N4O2P. The van der Waals surface area contributed by atoms with E-state index < -0.39 is 20.6 Å². The van der Waals surface area contributed by atoms with Gasteiger partial charge < -0.3 is 9.30 Å². The van der Waals surface area contributed by atoms with E-state index in [-0.39, 0.29) is 23.2 Å². The molecule has 2 unspecified atom stereocenters. The van der Waals surface area contributed by atoms with Gasteiger partial charge in [0.05, 0.1) is 28.6 Å². The molecule has 37 heavy (non-hydrogen) atoms. The molecule has 0 fully saturated rings. The molecule has 0 radical (unpaired) electrons. The van der Waals surface area contributed by atoms with Crippen molar-refractivity contribution in [2.75, 3.05) is 27.4 Å². The van der Waals surface area contributed by atoms with Crippen molar-refractivity contribution in [2.45, 2.75) is 25.1 Å². The Labute approximate surface area is 213 Å². The fraction of sp³-hybridized carbons (Fsp3) is 0.296. The van der Waals surface area contributed by atoms with Gasteiger partial charge in [-0.3, -0.25) is 14.7 Å². The number of aromatic nitrogens is 3. The average Bonchev–Trinajstić information content (AvgIpc) is 3.40. The lowest BCUT2D eigenvalue weighted by molar-refractivity contribution is -0.0507. The fourth-order valence-corrected chi connectivity index (χ4v) is 5.88. The number of halogens is 3. The third-order valence-electron chi connectivity index (χ3n) is 6.75. The van der Waals surface area contributed by atoms with Crippen LogP contribution in [-0.4, -0.2) is 59.8 Å². The number of carbonyl (C=O) groups is 1. The molecule has 2 aromatic heterocycles. The van der Waals surface area contributed by atoms with E-state index in [0.717, 1.165) is 16.9 Å². The van der Waals surface area contributed by atoms with Crippen LogP contribution >= 0.6 is 7.92 Å². The van der Waals surface area contributed by atoms with Crippen molar-refractivity contribution in [1.29, 1.82) is 0 Å². The highest BCUT2D eigenvalue weighted by molar-refractivity contribution is 7.63. The summed E-state index contributed by atoms with van der Waals surface area (Å²) < 4.78 is 48.2. The van der Waals surface area contributed by atoms with Gasteiger partial charge in [-0.1, -0.05) is 26.1 Å². The quantitative estimate of drug-likeness (QED) is 0.231. The largest absolute Gasteiger partial charge is 0.434 e. The third kappa shape index (κ3) is 4.51. The number of nitrogens with zero attached hydrogens (tertiary/aromatic N) is 4. The van der Waals surface area contributed by atoms with Crippen LogP contribution in [0, 0.1) is 5.82 Å². The maximum absolute atomic E-state index is 14.7. The van der Waals surface area contributed by atoms with Gasteiger partial charge in [-0.05, 0) is 63.7 Å². The molecule has 0 saturated carbocycles. The third-order valence-corrected chi connectivity index (χ3v) is 7.93. The second-order valence-electron chi connectivity index (χ2n) is 9.45. The maximum Gasteiger partial charge on any atom is 0.387 e. The molecule has 1 aliphatic heterocycles. The van der Waals surface area contributed by atoms with Crippen LogP contribution in [-0.2, 0) is 0 Å². The smallest absolute Gasteiger partial charge is 0.387 e. The molecule has 0 bridgehead atoms. The molecular weight excluding hydrogens is 500 g/mol. The van der Waals surface area contributed by atoms with Gasteiger partial charge >= 0.3 is 6.61 Å². The molecule has 0 spiro atoms. The van der Waals surface area contributed by atoms with Gasteiger partial charge in [-0.2, -0.15) is 8.78 Å². The van der Waals surface area contributed by atoms with Gasteiger partial charge in [0.25, 0.3) is 0 Å². The number of hydrogen-bond donors (Lipinski definition) is 0. The Morgan fingerprint density at radius 3 is 2.59 bits per heavy atom. The second-order valence-corrected chi connectivity index (χ2v) is 11.7. The number of rotatable bonds is 7. The van der Waals surface area contributed by atoms with E-state index in [2.05, 4.69) is 4.98 Å². The van der Waals surface area contributed by atoms with Crippen molar-refractivity contribution >= 4 is 30.7 Å². The first-order valence-electron chi connectivity index (χ1n) is 11.7. The minimum atomic E-state index is -3.03. The van der Waals surface area contributed by atoms with Crippen LogP contribution in [0.3, 0.4) is 0 Å². The van der Waals surface area contributed by atoms with Crippen LogP contribution in [0.1, 0.15) is 40.3 Å². The molecule has 0 N–H and O–H groups in total. The number of fused-ring (bicyclic) bond motifs is 3. The Morgan fingerprint density at radius 2 is 1.95 bits per heavy atom. The number of alkyl halides is 2. The number of pyridine rings is 1. The standard InChI is InChI=1S/C27H26F3N4O2P/c1-33(2)22-12-21(24-16(14-35)6-5-7-23(24)36-27(29)30)34-20-11-15(8-9-19(20)32-25(22)34)17-10-18(28)26(31-13-17)37(3)4/h5-11,13-14,21-22,27H,12H2,1-4H3. The van der Waals surface area contributed by atoms with Crippen molar-refractivity contribution in [2.24, 2.45) is 0 Å².